The predicted molar refractivity (Wildman–Crippen MR) is 75.3 cm³/mol. The Balaban J connectivity index is 3.00. The Morgan fingerprint density at radius 1 is 1.37 bits per heavy atom. The Morgan fingerprint density at radius 2 is 1.89 bits per heavy atom. The minimum absolute atomic E-state index is 0.0465. The molecule has 106 valence electrons. The molecule has 1 aromatic carbocycles. The number of hydrogen-bond acceptors (Lipinski definition) is 3. The monoisotopic (exact) mass is 349 g/mol. The summed E-state index contributed by atoms with van der Waals surface area (Å²) in [5.41, 5.74) is 0. The van der Waals surface area contributed by atoms with Crippen LogP contribution >= 0.6 is 15.9 Å². The third kappa shape index (κ3) is 4.29. The van der Waals surface area contributed by atoms with Crippen LogP contribution in [0.15, 0.2) is 33.6 Å². The SMILES string of the molecule is CCC(C)C(NS(=O)(=O)c1ccc(Br)cc1)C(=O)O. The number of halogens is 1. The number of hydrogen-bond donors (Lipinski definition) is 2. The lowest BCUT2D eigenvalue weighted by atomic mass is 10.0. The van der Waals surface area contributed by atoms with Gasteiger partial charge in [0.05, 0.1) is 4.90 Å². The zero-order valence-corrected chi connectivity index (χ0v) is 13.0. The van der Waals surface area contributed by atoms with Crippen LogP contribution in [0.3, 0.4) is 0 Å². The van der Waals surface area contributed by atoms with Gasteiger partial charge >= 0.3 is 5.97 Å². The summed E-state index contributed by atoms with van der Waals surface area (Å²) in [6, 6.07) is 4.89. The standard InChI is InChI=1S/C12H16BrNO4S/c1-3-8(2)11(12(15)16)14-19(17,18)10-6-4-9(13)5-7-10/h4-8,11,14H,3H2,1-2H3,(H,15,16). The van der Waals surface area contributed by atoms with E-state index >= 15 is 0 Å². The van der Waals surface area contributed by atoms with E-state index in [1.807, 2.05) is 6.92 Å². The van der Waals surface area contributed by atoms with E-state index in [4.69, 9.17) is 5.11 Å². The van der Waals surface area contributed by atoms with Gasteiger partial charge in [-0.15, -0.1) is 0 Å². The van der Waals surface area contributed by atoms with Gasteiger partial charge in [-0.1, -0.05) is 36.2 Å². The van der Waals surface area contributed by atoms with Crippen LogP contribution in [-0.2, 0) is 14.8 Å². The van der Waals surface area contributed by atoms with Crippen molar-refractivity contribution in [2.75, 3.05) is 0 Å². The fourth-order valence-electron chi connectivity index (χ4n) is 1.49. The van der Waals surface area contributed by atoms with Gasteiger partial charge in [0.25, 0.3) is 0 Å². The Kier molecular flexibility index (Phi) is 5.51. The number of carboxylic acids is 1. The zero-order chi connectivity index (χ0) is 14.6. The van der Waals surface area contributed by atoms with Gasteiger partial charge in [-0.05, 0) is 30.2 Å². The summed E-state index contributed by atoms with van der Waals surface area (Å²) in [6.07, 6.45) is 0.569. The quantitative estimate of drug-likeness (QED) is 0.824. The van der Waals surface area contributed by atoms with Crippen molar-refractivity contribution in [3.05, 3.63) is 28.7 Å². The number of carboxylic acid groups (broad SMARTS) is 1. The summed E-state index contributed by atoms with van der Waals surface area (Å²) >= 11 is 3.21. The van der Waals surface area contributed by atoms with Crippen molar-refractivity contribution in [3.63, 3.8) is 0 Å². The molecule has 0 bridgehead atoms. The van der Waals surface area contributed by atoms with Gasteiger partial charge in [0.1, 0.15) is 6.04 Å². The van der Waals surface area contributed by atoms with E-state index in [1.54, 1.807) is 19.1 Å². The molecule has 0 saturated carbocycles. The molecule has 0 aliphatic heterocycles. The molecule has 0 aromatic heterocycles. The van der Waals surface area contributed by atoms with Gasteiger partial charge in [-0.3, -0.25) is 4.79 Å². The molecule has 0 fully saturated rings. The Labute approximate surface area is 121 Å². The summed E-state index contributed by atoms with van der Waals surface area (Å²) in [5.74, 6) is -1.46. The van der Waals surface area contributed by atoms with Crippen LogP contribution in [0, 0.1) is 5.92 Å². The van der Waals surface area contributed by atoms with E-state index < -0.39 is 22.0 Å². The summed E-state index contributed by atoms with van der Waals surface area (Å²) < 4.78 is 27.2. The van der Waals surface area contributed by atoms with Gasteiger partial charge < -0.3 is 5.11 Å². The molecule has 19 heavy (non-hydrogen) atoms. The fraction of sp³-hybridized carbons (Fsp3) is 0.417. The number of carbonyl (C=O) groups is 1. The van der Waals surface area contributed by atoms with Gasteiger partial charge in [0, 0.05) is 4.47 Å². The third-order valence-corrected chi connectivity index (χ3v) is 4.87. The van der Waals surface area contributed by atoms with Crippen molar-refractivity contribution in [3.8, 4) is 0 Å². The number of rotatable bonds is 6. The first-order valence-electron chi connectivity index (χ1n) is 5.78. The maximum Gasteiger partial charge on any atom is 0.322 e. The van der Waals surface area contributed by atoms with Crippen molar-refractivity contribution in [1.82, 2.24) is 4.72 Å². The highest BCUT2D eigenvalue weighted by Crippen LogP contribution is 2.17. The number of benzene rings is 1. The van der Waals surface area contributed by atoms with Crippen molar-refractivity contribution < 1.29 is 18.3 Å². The smallest absolute Gasteiger partial charge is 0.322 e. The van der Waals surface area contributed by atoms with Crippen LogP contribution < -0.4 is 4.72 Å². The highest BCUT2D eigenvalue weighted by Gasteiger charge is 2.29. The molecule has 0 heterocycles. The van der Waals surface area contributed by atoms with Crippen molar-refractivity contribution in [2.24, 2.45) is 5.92 Å². The molecule has 0 aliphatic rings. The average molecular weight is 350 g/mol. The van der Waals surface area contributed by atoms with E-state index in [2.05, 4.69) is 20.7 Å². The molecule has 0 amide bonds. The second kappa shape index (κ2) is 6.49. The van der Waals surface area contributed by atoms with Crippen LogP contribution in [-0.4, -0.2) is 25.5 Å². The van der Waals surface area contributed by atoms with Gasteiger partial charge in [0.15, 0.2) is 0 Å². The topological polar surface area (TPSA) is 83.5 Å². The first kappa shape index (κ1) is 16.1. The predicted octanol–water partition coefficient (Wildman–Crippen LogP) is 2.23. The van der Waals surface area contributed by atoms with E-state index in [0.717, 1.165) is 4.47 Å². The number of nitrogens with one attached hydrogen (secondary N) is 1. The minimum atomic E-state index is -3.83. The van der Waals surface area contributed by atoms with Crippen LogP contribution in [0.4, 0.5) is 0 Å². The molecule has 0 saturated heterocycles. The molecule has 5 nitrogen and oxygen atoms in total. The molecular formula is C12H16BrNO4S. The van der Waals surface area contributed by atoms with Crippen LogP contribution in [0.2, 0.25) is 0 Å². The van der Waals surface area contributed by atoms with E-state index in [1.165, 1.54) is 12.1 Å². The molecule has 0 aliphatic carbocycles. The highest BCUT2D eigenvalue weighted by molar-refractivity contribution is 9.10. The van der Waals surface area contributed by atoms with Crippen molar-refractivity contribution >= 4 is 31.9 Å². The maximum atomic E-state index is 12.1. The van der Waals surface area contributed by atoms with Crippen molar-refractivity contribution in [1.29, 1.82) is 0 Å². The van der Waals surface area contributed by atoms with Crippen LogP contribution in [0.5, 0.6) is 0 Å². The molecule has 1 rings (SSSR count). The van der Waals surface area contributed by atoms with E-state index in [0.29, 0.717) is 6.42 Å². The normalized spacial score (nSPS) is 14.9. The summed E-state index contributed by atoms with van der Waals surface area (Å²) in [7, 11) is -3.83. The lowest BCUT2D eigenvalue weighted by Crippen LogP contribution is -2.44. The van der Waals surface area contributed by atoms with Crippen LogP contribution in [0.1, 0.15) is 20.3 Å². The second-order valence-electron chi connectivity index (χ2n) is 4.28. The van der Waals surface area contributed by atoms with Gasteiger partial charge in [-0.2, -0.15) is 4.72 Å². The molecule has 0 spiro atoms. The average Bonchev–Trinajstić information content (AvgIpc) is 2.35. The Hall–Kier alpha value is -0.920. The molecule has 2 atom stereocenters. The number of aliphatic carboxylic acids is 1. The molecular weight excluding hydrogens is 334 g/mol. The zero-order valence-electron chi connectivity index (χ0n) is 10.6. The number of sulfonamides is 1. The molecule has 2 N–H and O–H groups in total. The van der Waals surface area contributed by atoms with Crippen LogP contribution in [0.25, 0.3) is 0 Å². The summed E-state index contributed by atoms with van der Waals surface area (Å²) in [4.78, 5) is 11.2. The largest absolute Gasteiger partial charge is 0.480 e. The van der Waals surface area contributed by atoms with E-state index in [-0.39, 0.29) is 10.8 Å². The molecule has 1 aromatic rings. The van der Waals surface area contributed by atoms with Crippen molar-refractivity contribution in [2.45, 2.75) is 31.2 Å². The van der Waals surface area contributed by atoms with Gasteiger partial charge in [-0.25, -0.2) is 8.42 Å². The molecule has 0 radical (unpaired) electrons. The summed E-state index contributed by atoms with van der Waals surface area (Å²) in [5, 5.41) is 9.09. The lowest BCUT2D eigenvalue weighted by Gasteiger charge is -2.20. The summed E-state index contributed by atoms with van der Waals surface area (Å²) in [6.45, 7) is 3.51. The Bertz CT molecular complexity index is 541. The van der Waals surface area contributed by atoms with E-state index in [9.17, 15) is 13.2 Å². The molecule has 2 unspecified atom stereocenters. The lowest BCUT2D eigenvalue weighted by molar-refractivity contribution is -0.140. The third-order valence-electron chi connectivity index (χ3n) is 2.89. The second-order valence-corrected chi connectivity index (χ2v) is 6.91. The molecule has 7 heteroatoms. The fourth-order valence-corrected chi connectivity index (χ4v) is 3.06. The first-order valence-corrected chi connectivity index (χ1v) is 8.06. The maximum absolute atomic E-state index is 12.1. The highest BCUT2D eigenvalue weighted by atomic mass is 79.9. The minimum Gasteiger partial charge on any atom is -0.480 e. The van der Waals surface area contributed by atoms with Gasteiger partial charge in [0.2, 0.25) is 10.0 Å². The Morgan fingerprint density at radius 3 is 2.32 bits per heavy atom. The first-order chi connectivity index (χ1) is 8.77.